The largest absolute Gasteiger partial charge is 0.352 e. The van der Waals surface area contributed by atoms with Crippen molar-refractivity contribution in [3.05, 3.63) is 72.9 Å². The summed E-state index contributed by atoms with van der Waals surface area (Å²) in [7, 11) is 0. The lowest BCUT2D eigenvalue weighted by Crippen LogP contribution is -2.25. The summed E-state index contributed by atoms with van der Waals surface area (Å²) in [5, 5.41) is 2.93. The number of hydrogen-bond donors (Lipinski definition) is 1. The first kappa shape index (κ1) is 16.3. The molecule has 0 atom stereocenters. The van der Waals surface area contributed by atoms with Gasteiger partial charge in [0.15, 0.2) is 0 Å². The van der Waals surface area contributed by atoms with E-state index >= 15 is 0 Å². The number of thioether (sulfide) groups is 1. The van der Waals surface area contributed by atoms with Gasteiger partial charge in [-0.3, -0.25) is 9.36 Å². The molecule has 0 saturated heterocycles. The normalized spacial score (nSPS) is 10.5. The predicted octanol–water partition coefficient (Wildman–Crippen LogP) is 3.18. The van der Waals surface area contributed by atoms with E-state index in [9.17, 15) is 4.79 Å². The van der Waals surface area contributed by atoms with E-state index in [-0.39, 0.29) is 5.91 Å². The first-order valence-electron chi connectivity index (χ1n) is 7.73. The second kappa shape index (κ2) is 8.31. The van der Waals surface area contributed by atoms with Crippen LogP contribution in [0.25, 0.3) is 5.82 Å². The Bertz CT molecular complexity index is 757. The monoisotopic (exact) mass is 338 g/mol. The molecule has 0 aliphatic carbocycles. The van der Waals surface area contributed by atoms with Crippen LogP contribution in [0.3, 0.4) is 0 Å². The van der Waals surface area contributed by atoms with Gasteiger partial charge in [0.1, 0.15) is 12.1 Å². The van der Waals surface area contributed by atoms with Crippen LogP contribution in [0.1, 0.15) is 16.8 Å². The maximum atomic E-state index is 12.1. The molecule has 122 valence electrons. The van der Waals surface area contributed by atoms with Crippen molar-refractivity contribution in [1.29, 1.82) is 0 Å². The lowest BCUT2D eigenvalue weighted by Gasteiger charge is -2.06. The molecule has 3 aromatic rings. The zero-order valence-electron chi connectivity index (χ0n) is 13.1. The average molecular weight is 338 g/mol. The van der Waals surface area contributed by atoms with Gasteiger partial charge in [0.05, 0.1) is 5.56 Å². The minimum absolute atomic E-state index is 0.0932. The molecule has 1 aromatic carbocycles. The molecule has 0 spiro atoms. The van der Waals surface area contributed by atoms with Crippen molar-refractivity contribution in [1.82, 2.24) is 19.9 Å². The first-order chi connectivity index (χ1) is 11.8. The lowest BCUT2D eigenvalue weighted by atomic mass is 10.2. The predicted molar refractivity (Wildman–Crippen MR) is 95.5 cm³/mol. The van der Waals surface area contributed by atoms with Crippen LogP contribution in [-0.2, 0) is 0 Å². The van der Waals surface area contributed by atoms with E-state index in [0.717, 1.165) is 18.0 Å². The summed E-state index contributed by atoms with van der Waals surface area (Å²) in [6.45, 7) is 0.655. The Hall–Kier alpha value is -2.60. The Morgan fingerprint density at radius 1 is 1.17 bits per heavy atom. The highest BCUT2D eigenvalue weighted by atomic mass is 32.2. The van der Waals surface area contributed by atoms with Crippen molar-refractivity contribution in [2.75, 3.05) is 12.3 Å². The van der Waals surface area contributed by atoms with Gasteiger partial charge in [-0.1, -0.05) is 18.2 Å². The van der Waals surface area contributed by atoms with Crippen LogP contribution in [0.15, 0.2) is 72.3 Å². The smallest absolute Gasteiger partial charge is 0.252 e. The molecule has 1 N–H and O–H groups in total. The van der Waals surface area contributed by atoms with Gasteiger partial charge < -0.3 is 5.32 Å². The van der Waals surface area contributed by atoms with Crippen LogP contribution in [0.5, 0.6) is 0 Å². The standard InChI is InChI=1S/C18H18N4OS/c23-18(20-9-4-12-24-16-5-2-1-3-6-16)15-7-8-17(21-13-15)22-11-10-19-14-22/h1-3,5-8,10-11,13-14H,4,9,12H2,(H,20,23). The van der Waals surface area contributed by atoms with Gasteiger partial charge in [-0.15, -0.1) is 11.8 Å². The van der Waals surface area contributed by atoms with Crippen molar-refractivity contribution >= 4 is 17.7 Å². The van der Waals surface area contributed by atoms with Crippen molar-refractivity contribution in [3.8, 4) is 5.82 Å². The second-order valence-electron chi connectivity index (χ2n) is 5.15. The molecule has 6 heteroatoms. The number of carbonyl (C=O) groups excluding carboxylic acids is 1. The van der Waals surface area contributed by atoms with Crippen molar-refractivity contribution in [2.24, 2.45) is 0 Å². The number of rotatable bonds is 7. The first-order valence-corrected chi connectivity index (χ1v) is 8.72. The summed E-state index contributed by atoms with van der Waals surface area (Å²) in [6.07, 6.45) is 7.68. The summed E-state index contributed by atoms with van der Waals surface area (Å²) in [5.74, 6) is 1.62. The van der Waals surface area contributed by atoms with Crippen LogP contribution >= 0.6 is 11.8 Å². The fraction of sp³-hybridized carbons (Fsp3) is 0.167. The highest BCUT2D eigenvalue weighted by molar-refractivity contribution is 7.99. The molecule has 24 heavy (non-hydrogen) atoms. The highest BCUT2D eigenvalue weighted by Gasteiger charge is 2.06. The molecule has 0 radical (unpaired) electrons. The van der Waals surface area contributed by atoms with Crippen LogP contribution in [0.2, 0.25) is 0 Å². The third-order valence-electron chi connectivity index (χ3n) is 3.40. The van der Waals surface area contributed by atoms with E-state index in [0.29, 0.717) is 12.1 Å². The molecule has 0 fully saturated rings. The molecule has 0 unspecified atom stereocenters. The third-order valence-corrected chi connectivity index (χ3v) is 4.50. The van der Waals surface area contributed by atoms with Gasteiger partial charge in [-0.25, -0.2) is 9.97 Å². The Kier molecular flexibility index (Phi) is 5.63. The molecular weight excluding hydrogens is 320 g/mol. The maximum Gasteiger partial charge on any atom is 0.252 e. The molecule has 2 aromatic heterocycles. The second-order valence-corrected chi connectivity index (χ2v) is 6.31. The number of pyridine rings is 1. The summed E-state index contributed by atoms with van der Waals surface area (Å²) in [4.78, 5) is 21.6. The zero-order valence-corrected chi connectivity index (χ0v) is 13.9. The number of carbonyl (C=O) groups is 1. The number of aromatic nitrogens is 3. The summed E-state index contributed by atoms with van der Waals surface area (Å²) in [6, 6.07) is 13.8. The molecule has 5 nitrogen and oxygen atoms in total. The lowest BCUT2D eigenvalue weighted by molar-refractivity contribution is 0.0953. The minimum Gasteiger partial charge on any atom is -0.352 e. The zero-order chi connectivity index (χ0) is 16.6. The topological polar surface area (TPSA) is 59.8 Å². The average Bonchev–Trinajstić information content (AvgIpc) is 3.17. The van der Waals surface area contributed by atoms with Crippen LogP contribution in [-0.4, -0.2) is 32.7 Å². The number of nitrogens with zero attached hydrogens (tertiary/aromatic N) is 3. The van der Waals surface area contributed by atoms with Crippen LogP contribution < -0.4 is 5.32 Å². The molecule has 0 bridgehead atoms. The van der Waals surface area contributed by atoms with Crippen molar-refractivity contribution in [2.45, 2.75) is 11.3 Å². The summed E-state index contributed by atoms with van der Waals surface area (Å²) >= 11 is 1.80. The number of benzene rings is 1. The quantitative estimate of drug-likeness (QED) is 0.531. The Morgan fingerprint density at radius 3 is 2.75 bits per heavy atom. The van der Waals surface area contributed by atoms with Gasteiger partial charge in [0.25, 0.3) is 5.91 Å². The number of nitrogens with one attached hydrogen (secondary N) is 1. The van der Waals surface area contributed by atoms with Crippen LogP contribution in [0, 0.1) is 0 Å². The van der Waals surface area contributed by atoms with Gasteiger partial charge in [0, 0.05) is 30.0 Å². The molecular formula is C18H18N4OS. The maximum absolute atomic E-state index is 12.1. The van der Waals surface area contributed by atoms with E-state index in [1.165, 1.54) is 4.90 Å². The fourth-order valence-corrected chi connectivity index (χ4v) is 3.02. The van der Waals surface area contributed by atoms with E-state index < -0.39 is 0 Å². The van der Waals surface area contributed by atoms with Crippen LogP contribution in [0.4, 0.5) is 0 Å². The Balaban J connectivity index is 1.42. The SMILES string of the molecule is O=C(NCCCSc1ccccc1)c1ccc(-n2ccnc2)nc1. The van der Waals surface area contributed by atoms with Gasteiger partial charge in [-0.05, 0) is 36.4 Å². The van der Waals surface area contributed by atoms with E-state index in [2.05, 4.69) is 27.4 Å². The van der Waals surface area contributed by atoms with Gasteiger partial charge in [0.2, 0.25) is 0 Å². The molecule has 2 heterocycles. The third kappa shape index (κ3) is 4.45. The molecule has 0 aliphatic heterocycles. The fourth-order valence-electron chi connectivity index (χ4n) is 2.15. The van der Waals surface area contributed by atoms with Gasteiger partial charge in [-0.2, -0.15) is 0 Å². The van der Waals surface area contributed by atoms with Gasteiger partial charge >= 0.3 is 0 Å². The molecule has 0 saturated carbocycles. The minimum atomic E-state index is -0.0932. The number of hydrogen-bond acceptors (Lipinski definition) is 4. The van der Waals surface area contributed by atoms with E-state index in [4.69, 9.17) is 0 Å². The Labute approximate surface area is 145 Å². The molecule has 3 rings (SSSR count). The van der Waals surface area contributed by atoms with Crippen molar-refractivity contribution in [3.63, 3.8) is 0 Å². The molecule has 0 aliphatic rings. The molecule has 1 amide bonds. The van der Waals surface area contributed by atoms with E-state index in [1.54, 1.807) is 41.1 Å². The summed E-state index contributed by atoms with van der Waals surface area (Å²) in [5.41, 5.74) is 0.564. The summed E-state index contributed by atoms with van der Waals surface area (Å²) < 4.78 is 1.79. The number of imidazole rings is 1. The Morgan fingerprint density at radius 2 is 2.04 bits per heavy atom. The van der Waals surface area contributed by atoms with E-state index in [1.807, 2.05) is 30.5 Å². The van der Waals surface area contributed by atoms with Crippen molar-refractivity contribution < 1.29 is 4.79 Å². The number of amides is 1. The highest BCUT2D eigenvalue weighted by Crippen LogP contribution is 2.17.